The molecule has 0 aromatic rings. The molecule has 3 nitrogen and oxygen atoms in total. The van der Waals surface area contributed by atoms with Crippen LogP contribution in [0.2, 0.25) is 0 Å². The summed E-state index contributed by atoms with van der Waals surface area (Å²) in [6.45, 7) is 5.28. The van der Waals surface area contributed by atoms with Gasteiger partial charge in [-0.2, -0.15) is 0 Å². The van der Waals surface area contributed by atoms with Crippen LogP contribution >= 0.6 is 0 Å². The normalized spacial score (nSPS) is 14.9. The van der Waals surface area contributed by atoms with E-state index >= 15 is 0 Å². The molecule has 0 saturated heterocycles. The average molecular weight is 160 g/mol. The Morgan fingerprint density at radius 1 is 1.09 bits per heavy atom. The summed E-state index contributed by atoms with van der Waals surface area (Å²) >= 11 is 0. The summed E-state index contributed by atoms with van der Waals surface area (Å²) in [5.41, 5.74) is 0. The maximum Gasteiger partial charge on any atom is 0.316 e. The highest BCUT2D eigenvalue weighted by atomic mass is 16.6. The molecule has 0 rings (SSSR count). The van der Waals surface area contributed by atoms with Gasteiger partial charge in [-0.05, 0) is 0 Å². The molecule has 0 N–H and O–H groups in total. The molecule has 0 atom stereocenters. The lowest BCUT2D eigenvalue weighted by molar-refractivity contribution is -0.164. The highest BCUT2D eigenvalue weighted by Crippen LogP contribution is 2.01. The molecule has 64 valence electrons. The maximum atomic E-state index is 11.0. The van der Waals surface area contributed by atoms with E-state index in [2.05, 4.69) is 4.74 Å². The van der Waals surface area contributed by atoms with Crippen molar-refractivity contribution in [3.63, 3.8) is 0 Å². The van der Waals surface area contributed by atoms with Crippen LogP contribution < -0.4 is 0 Å². The average Bonchev–Trinajstić information content (AvgIpc) is 1.82. The zero-order valence-electron chi connectivity index (χ0n) is 9.22. The molecule has 0 aromatic heterocycles. The molecule has 0 aromatic carbocycles. The number of carbonyl (C=O) groups is 2. The van der Waals surface area contributed by atoms with E-state index in [1.807, 2.05) is 0 Å². The summed E-state index contributed by atoms with van der Waals surface area (Å²) in [5.74, 6) is -4.78. The minimum absolute atomic E-state index is 0.933. The van der Waals surface area contributed by atoms with Gasteiger partial charge in [0.25, 0.3) is 0 Å². The van der Waals surface area contributed by atoms with Crippen LogP contribution in [-0.2, 0) is 14.3 Å². The lowest BCUT2D eigenvalue weighted by Crippen LogP contribution is -2.20. The van der Waals surface area contributed by atoms with Crippen LogP contribution in [0.5, 0.6) is 0 Å². The van der Waals surface area contributed by atoms with E-state index in [1.54, 1.807) is 0 Å². The Balaban J connectivity index is 4.34. The van der Waals surface area contributed by atoms with Crippen molar-refractivity contribution in [1.82, 2.24) is 0 Å². The van der Waals surface area contributed by atoms with Crippen LogP contribution in [0.1, 0.15) is 30.4 Å². The first-order chi connectivity index (χ1) is 5.55. The molecular formula is C8H14O3. The van der Waals surface area contributed by atoms with Gasteiger partial charge >= 0.3 is 11.9 Å². The van der Waals surface area contributed by atoms with Gasteiger partial charge in [0.15, 0.2) is 0 Å². The molecule has 11 heavy (non-hydrogen) atoms. The van der Waals surface area contributed by atoms with E-state index in [0.29, 0.717) is 0 Å². The van der Waals surface area contributed by atoms with E-state index in [4.69, 9.17) is 2.74 Å². The molecule has 3 heteroatoms. The fraction of sp³-hybridized carbons (Fsp3) is 0.750. The Bertz CT molecular complexity index is 199. The first-order valence-corrected chi connectivity index (χ1v) is 3.32. The summed E-state index contributed by atoms with van der Waals surface area (Å²) < 4.78 is 18.8. The Kier molecular flexibility index (Phi) is 2.55. The minimum atomic E-state index is -1.46. The van der Waals surface area contributed by atoms with Gasteiger partial charge < -0.3 is 4.74 Å². The molecule has 0 aliphatic carbocycles. The van der Waals surface area contributed by atoms with Crippen molar-refractivity contribution in [2.75, 3.05) is 0 Å². The number of rotatable bonds is 2. The van der Waals surface area contributed by atoms with Crippen molar-refractivity contribution in [2.24, 2.45) is 11.8 Å². The Morgan fingerprint density at radius 3 is 1.55 bits per heavy atom. The molecular weight excluding hydrogens is 144 g/mol. The number of hydrogen-bond acceptors (Lipinski definition) is 3. The number of hydrogen-bond donors (Lipinski definition) is 0. The van der Waals surface area contributed by atoms with E-state index in [9.17, 15) is 9.59 Å². The molecule has 0 aliphatic heterocycles. The van der Waals surface area contributed by atoms with Crippen molar-refractivity contribution >= 4 is 11.9 Å². The molecule has 0 spiro atoms. The van der Waals surface area contributed by atoms with Crippen molar-refractivity contribution in [3.8, 4) is 0 Å². The Morgan fingerprint density at radius 2 is 1.36 bits per heavy atom. The Labute approximate surface area is 69.5 Å². The van der Waals surface area contributed by atoms with Gasteiger partial charge in [-0.25, -0.2) is 0 Å². The van der Waals surface area contributed by atoms with Crippen LogP contribution in [0, 0.1) is 11.8 Å². The van der Waals surface area contributed by atoms with Crippen molar-refractivity contribution < 1.29 is 17.1 Å². The van der Waals surface area contributed by atoms with Gasteiger partial charge in [-0.3, -0.25) is 9.59 Å². The highest BCUT2D eigenvalue weighted by Gasteiger charge is 2.16. The monoisotopic (exact) mass is 160 g/mol. The first-order valence-electron chi connectivity index (χ1n) is 4.32. The van der Waals surface area contributed by atoms with E-state index in [-0.39, 0.29) is 0 Å². The van der Waals surface area contributed by atoms with Gasteiger partial charge in [0.1, 0.15) is 0 Å². The fourth-order valence-electron chi connectivity index (χ4n) is 0.288. The second-order valence-electron chi connectivity index (χ2n) is 2.68. The topological polar surface area (TPSA) is 43.4 Å². The third kappa shape index (κ3) is 3.75. The van der Waals surface area contributed by atoms with Gasteiger partial charge in [0.2, 0.25) is 0 Å². The number of carbonyl (C=O) groups excluding carboxylic acids is 2. The molecule has 0 radical (unpaired) electrons. The largest absolute Gasteiger partial charge is 0.393 e. The summed E-state index contributed by atoms with van der Waals surface area (Å²) in [5, 5.41) is 0. The Hall–Kier alpha value is -0.860. The van der Waals surface area contributed by atoms with Crippen LogP contribution in [-0.4, -0.2) is 11.9 Å². The minimum Gasteiger partial charge on any atom is -0.393 e. The third-order valence-electron chi connectivity index (χ3n) is 1.00. The van der Waals surface area contributed by atoms with Crippen LogP contribution in [0.4, 0.5) is 0 Å². The van der Waals surface area contributed by atoms with Crippen LogP contribution in [0.15, 0.2) is 0 Å². The summed E-state index contributed by atoms with van der Waals surface area (Å²) in [4.78, 5) is 22.0. The lowest BCUT2D eigenvalue weighted by atomic mass is 10.2. The molecule has 0 saturated carbocycles. The van der Waals surface area contributed by atoms with Gasteiger partial charge in [-0.1, -0.05) is 27.7 Å². The molecule has 0 unspecified atom stereocenters. The quantitative estimate of drug-likeness (QED) is 0.452. The van der Waals surface area contributed by atoms with Gasteiger partial charge in [0, 0.05) is 2.74 Å². The van der Waals surface area contributed by atoms with E-state index in [0.717, 1.165) is 0 Å². The predicted molar refractivity (Wildman–Crippen MR) is 40.8 cm³/mol. The smallest absolute Gasteiger partial charge is 0.316 e. The molecule has 0 bridgehead atoms. The molecule has 0 amide bonds. The first kappa shape index (κ1) is 6.83. The van der Waals surface area contributed by atoms with Crippen molar-refractivity contribution in [3.05, 3.63) is 0 Å². The predicted octanol–water partition coefficient (Wildman–Crippen LogP) is 1.37. The second-order valence-corrected chi connectivity index (χ2v) is 2.68. The zero-order valence-corrected chi connectivity index (χ0v) is 7.22. The van der Waals surface area contributed by atoms with Gasteiger partial charge in [-0.15, -0.1) is 0 Å². The molecule has 0 fully saturated rings. The van der Waals surface area contributed by atoms with Crippen molar-refractivity contribution in [1.29, 1.82) is 0 Å². The van der Waals surface area contributed by atoms with Crippen molar-refractivity contribution in [2.45, 2.75) is 27.7 Å². The summed E-state index contributed by atoms with van der Waals surface area (Å²) in [6.07, 6.45) is 0. The summed E-state index contributed by atoms with van der Waals surface area (Å²) in [7, 11) is 0. The fourth-order valence-corrected chi connectivity index (χ4v) is 0.288. The lowest BCUT2D eigenvalue weighted by Gasteiger charge is -2.06. The standard InChI is InChI=1S/C8H14O3/c1-5(2)7(9)11-8(10)6(3)4/h5-6H,1-4H3/i5D,6D. The van der Waals surface area contributed by atoms with Crippen LogP contribution in [0.25, 0.3) is 0 Å². The second kappa shape index (κ2) is 4.11. The molecule has 0 aliphatic rings. The SMILES string of the molecule is [2H]C(C)(C)C(=O)OC(=O)C([2H])(C)C. The third-order valence-corrected chi connectivity index (χ3v) is 1.00. The van der Waals surface area contributed by atoms with Gasteiger partial charge in [0.05, 0.1) is 11.8 Å². The zero-order chi connectivity index (χ0) is 10.9. The van der Waals surface area contributed by atoms with E-state index in [1.165, 1.54) is 27.7 Å². The number of esters is 2. The van der Waals surface area contributed by atoms with E-state index < -0.39 is 23.7 Å². The molecule has 0 heterocycles. The highest BCUT2D eigenvalue weighted by molar-refractivity contribution is 5.87. The maximum absolute atomic E-state index is 11.0. The number of ether oxygens (including phenoxy) is 1. The summed E-state index contributed by atoms with van der Waals surface area (Å²) in [6, 6.07) is 0. The van der Waals surface area contributed by atoms with Crippen LogP contribution in [0.3, 0.4) is 0 Å².